The summed E-state index contributed by atoms with van der Waals surface area (Å²) in [5.41, 5.74) is 0.939. The van der Waals surface area contributed by atoms with Gasteiger partial charge in [0.1, 0.15) is 35.6 Å². The Hall–Kier alpha value is -4.81. The van der Waals surface area contributed by atoms with Crippen LogP contribution in [0.4, 0.5) is 14.6 Å². The zero-order valence-corrected chi connectivity index (χ0v) is 29.9. The molecule has 268 valence electrons. The number of pyridine rings is 1. The molecule has 0 N–H and O–H groups in total. The van der Waals surface area contributed by atoms with Gasteiger partial charge in [0.05, 0.1) is 16.6 Å². The van der Waals surface area contributed by atoms with Gasteiger partial charge in [0.25, 0.3) is 0 Å². The molecule has 0 radical (unpaired) electrons. The van der Waals surface area contributed by atoms with Crippen LogP contribution in [0.15, 0.2) is 60.9 Å². The molecule has 3 atom stereocenters. The third kappa shape index (κ3) is 6.43. The van der Waals surface area contributed by atoms with Crippen molar-refractivity contribution in [2.75, 3.05) is 44.7 Å². The van der Waals surface area contributed by atoms with Gasteiger partial charge >= 0.3 is 6.01 Å². The van der Waals surface area contributed by atoms with Crippen LogP contribution in [-0.2, 0) is 4.79 Å². The standard InChI is InChI=1S/C39H39ClF2N8O2/c1-24-43-16-14-27(45-24)12-13-32(51)49-17-5-9-28(22-49)48(2)37-30-20-44-35(29-10-3-7-25-8-4-11-31(40)33(25)29)34(42)36(30)46-38(47-37)52-23-39-15-6-18-50(39)21-26(41)19-39/h3-4,7-8,10-14,16,20,26,28H,5-6,9,15,17-19,21-23H2,1-2H3/t26-,28+,39+/m1/s1. The van der Waals surface area contributed by atoms with E-state index in [1.807, 2.05) is 36.2 Å². The number of likely N-dealkylation sites (N-methyl/N-ethyl adjacent to an activating group) is 1. The van der Waals surface area contributed by atoms with Crippen LogP contribution in [-0.4, -0.2) is 98.2 Å². The van der Waals surface area contributed by atoms with Crippen molar-refractivity contribution < 1.29 is 18.3 Å². The van der Waals surface area contributed by atoms with E-state index in [9.17, 15) is 9.18 Å². The second-order valence-corrected chi connectivity index (χ2v) is 14.5. The lowest BCUT2D eigenvalue weighted by Gasteiger charge is -2.38. The summed E-state index contributed by atoms with van der Waals surface area (Å²) in [6.45, 7) is 4.25. The molecule has 3 aromatic heterocycles. The van der Waals surface area contributed by atoms with Crippen molar-refractivity contribution in [3.63, 3.8) is 0 Å². The Labute approximate surface area is 305 Å². The van der Waals surface area contributed by atoms with Crippen LogP contribution in [0.1, 0.15) is 43.6 Å². The quantitative estimate of drug-likeness (QED) is 0.160. The number of rotatable bonds is 8. The lowest BCUT2D eigenvalue weighted by molar-refractivity contribution is -0.127. The fraction of sp³-hybridized carbons (Fsp3) is 0.385. The smallest absolute Gasteiger partial charge is 0.319 e. The molecule has 0 saturated carbocycles. The largest absolute Gasteiger partial charge is 0.461 e. The summed E-state index contributed by atoms with van der Waals surface area (Å²) < 4.78 is 37.8. The molecule has 8 rings (SSSR count). The molecule has 10 nitrogen and oxygen atoms in total. The zero-order chi connectivity index (χ0) is 36.0. The number of hydrogen-bond donors (Lipinski definition) is 0. The average Bonchev–Trinajstić information content (AvgIpc) is 3.68. The molecule has 52 heavy (non-hydrogen) atoms. The van der Waals surface area contributed by atoms with Crippen molar-refractivity contribution in [1.82, 2.24) is 34.7 Å². The molecule has 2 aromatic carbocycles. The van der Waals surface area contributed by atoms with Gasteiger partial charge in [0.15, 0.2) is 5.82 Å². The van der Waals surface area contributed by atoms with Gasteiger partial charge in [-0.1, -0.05) is 41.9 Å². The molecule has 0 aliphatic carbocycles. The number of ether oxygens (including phenoxy) is 1. The van der Waals surface area contributed by atoms with E-state index in [1.54, 1.807) is 48.5 Å². The van der Waals surface area contributed by atoms with Crippen molar-refractivity contribution in [3.05, 3.63) is 83.3 Å². The lowest BCUT2D eigenvalue weighted by Crippen LogP contribution is -2.48. The van der Waals surface area contributed by atoms with E-state index < -0.39 is 17.5 Å². The van der Waals surface area contributed by atoms with E-state index in [2.05, 4.69) is 24.8 Å². The van der Waals surface area contributed by atoms with Gasteiger partial charge in [-0.3, -0.25) is 14.7 Å². The maximum Gasteiger partial charge on any atom is 0.319 e. The third-order valence-corrected chi connectivity index (χ3v) is 11.1. The number of hydrogen-bond acceptors (Lipinski definition) is 9. The minimum Gasteiger partial charge on any atom is -0.461 e. The maximum atomic E-state index is 16.9. The number of halogens is 3. The van der Waals surface area contributed by atoms with Crippen LogP contribution in [0.2, 0.25) is 5.02 Å². The highest BCUT2D eigenvalue weighted by molar-refractivity contribution is 6.36. The van der Waals surface area contributed by atoms with E-state index in [0.717, 1.165) is 37.6 Å². The number of likely N-dealkylation sites (tertiary alicyclic amines) is 1. The Morgan fingerprint density at radius 1 is 1.10 bits per heavy atom. The summed E-state index contributed by atoms with van der Waals surface area (Å²) in [6, 6.07) is 12.7. The Kier molecular flexibility index (Phi) is 9.21. The molecule has 0 unspecified atom stereocenters. The van der Waals surface area contributed by atoms with Gasteiger partial charge < -0.3 is 14.5 Å². The van der Waals surface area contributed by atoms with Crippen LogP contribution in [0.25, 0.3) is 39.0 Å². The number of amides is 1. The molecule has 3 aliphatic rings. The fourth-order valence-electron chi connectivity index (χ4n) is 8.16. The summed E-state index contributed by atoms with van der Waals surface area (Å²) in [7, 11) is 1.89. The monoisotopic (exact) mass is 724 g/mol. The predicted octanol–water partition coefficient (Wildman–Crippen LogP) is 6.83. The number of alkyl halides is 1. The number of fused-ring (bicyclic) bond motifs is 3. The Morgan fingerprint density at radius 2 is 1.94 bits per heavy atom. The minimum absolute atomic E-state index is 0.0108. The molecular weight excluding hydrogens is 686 g/mol. The van der Waals surface area contributed by atoms with Crippen LogP contribution in [0.3, 0.4) is 0 Å². The number of carbonyl (C=O) groups is 1. The van der Waals surface area contributed by atoms with E-state index in [-0.39, 0.29) is 35.8 Å². The van der Waals surface area contributed by atoms with Crippen LogP contribution >= 0.6 is 11.6 Å². The van der Waals surface area contributed by atoms with Crippen molar-refractivity contribution >= 4 is 51.1 Å². The number of anilines is 1. The van der Waals surface area contributed by atoms with Crippen molar-refractivity contribution in [3.8, 4) is 17.3 Å². The fourth-order valence-corrected chi connectivity index (χ4v) is 8.44. The molecule has 1 amide bonds. The zero-order valence-electron chi connectivity index (χ0n) is 29.1. The van der Waals surface area contributed by atoms with Gasteiger partial charge in [-0.15, -0.1) is 0 Å². The highest BCUT2D eigenvalue weighted by Gasteiger charge is 2.49. The normalized spacial score (nSPS) is 22.1. The first-order chi connectivity index (χ1) is 25.2. The summed E-state index contributed by atoms with van der Waals surface area (Å²) >= 11 is 6.64. The maximum absolute atomic E-state index is 16.9. The highest BCUT2D eigenvalue weighted by atomic mass is 35.5. The number of piperidine rings is 1. The molecule has 6 heterocycles. The molecule has 5 aromatic rings. The van der Waals surface area contributed by atoms with E-state index in [0.29, 0.717) is 64.7 Å². The predicted molar refractivity (Wildman–Crippen MR) is 198 cm³/mol. The number of aryl methyl sites for hydroxylation is 1. The SMILES string of the molecule is Cc1nccc(C=CC(=O)N2CCC[C@H](N(C)c3nc(OC[C@@]45CCCN4C[C@H](F)C5)nc4c(F)c(-c5cccc6cccc(Cl)c56)ncc34)C2)n1. The van der Waals surface area contributed by atoms with Gasteiger partial charge in [-0.2, -0.15) is 9.97 Å². The number of nitrogens with zero attached hydrogens (tertiary/aromatic N) is 8. The van der Waals surface area contributed by atoms with Crippen molar-refractivity contribution in [2.45, 2.75) is 56.8 Å². The Morgan fingerprint density at radius 3 is 2.79 bits per heavy atom. The van der Waals surface area contributed by atoms with Crippen LogP contribution in [0, 0.1) is 12.7 Å². The summed E-state index contributed by atoms with van der Waals surface area (Å²) in [5, 5.41) is 2.46. The first-order valence-corrected chi connectivity index (χ1v) is 18.1. The molecule has 0 bridgehead atoms. The van der Waals surface area contributed by atoms with Crippen molar-refractivity contribution in [2.24, 2.45) is 0 Å². The van der Waals surface area contributed by atoms with E-state index in [1.165, 1.54) is 6.08 Å². The first-order valence-electron chi connectivity index (χ1n) is 17.7. The second kappa shape index (κ2) is 14.0. The van der Waals surface area contributed by atoms with Gasteiger partial charge in [-0.25, -0.2) is 18.7 Å². The number of carbonyl (C=O) groups excluding carboxylic acids is 1. The van der Waals surface area contributed by atoms with Crippen molar-refractivity contribution in [1.29, 1.82) is 0 Å². The number of benzene rings is 2. The molecule has 13 heteroatoms. The lowest BCUT2D eigenvalue weighted by atomic mass is 9.95. The third-order valence-electron chi connectivity index (χ3n) is 10.8. The molecule has 3 aliphatic heterocycles. The van der Waals surface area contributed by atoms with Gasteiger partial charge in [0, 0.05) is 73.6 Å². The molecule has 0 spiro atoms. The summed E-state index contributed by atoms with van der Waals surface area (Å²) in [5.74, 6) is 0.322. The summed E-state index contributed by atoms with van der Waals surface area (Å²) in [4.78, 5) is 41.8. The van der Waals surface area contributed by atoms with E-state index in [4.69, 9.17) is 21.3 Å². The average molecular weight is 725 g/mol. The van der Waals surface area contributed by atoms with E-state index >= 15 is 4.39 Å². The Balaban J connectivity index is 1.15. The first kappa shape index (κ1) is 34.3. The van der Waals surface area contributed by atoms with Crippen LogP contribution < -0.4 is 9.64 Å². The topological polar surface area (TPSA) is 100 Å². The van der Waals surface area contributed by atoms with Gasteiger partial charge in [0.2, 0.25) is 5.91 Å². The molecular formula is C39H39ClF2N8O2. The van der Waals surface area contributed by atoms with Gasteiger partial charge in [-0.05, 0) is 62.7 Å². The number of aromatic nitrogens is 5. The minimum atomic E-state index is -0.918. The highest BCUT2D eigenvalue weighted by Crippen LogP contribution is 2.41. The summed E-state index contributed by atoms with van der Waals surface area (Å²) in [6.07, 6.45) is 9.29. The molecule has 3 saturated heterocycles. The second-order valence-electron chi connectivity index (χ2n) is 14.1. The molecule has 3 fully saturated rings. The van der Waals surface area contributed by atoms with Crippen LogP contribution in [0.5, 0.6) is 6.01 Å². The Bertz CT molecular complexity index is 2200.